The summed E-state index contributed by atoms with van der Waals surface area (Å²) >= 11 is 5.87. The standard InChI is InChI=1S/C9H15ClN2O2/c1-4-12-7(6(10)5-11-12)8(13)9(2,3)14/h5,8,13-14H,4H2,1-3H3. The van der Waals surface area contributed by atoms with Crippen LogP contribution in [0.15, 0.2) is 6.20 Å². The van der Waals surface area contributed by atoms with Crippen LogP contribution in [0.5, 0.6) is 0 Å². The van der Waals surface area contributed by atoms with Crippen LogP contribution >= 0.6 is 11.6 Å². The zero-order valence-electron chi connectivity index (χ0n) is 8.53. The van der Waals surface area contributed by atoms with Crippen LogP contribution in [0.2, 0.25) is 5.02 Å². The zero-order chi connectivity index (χ0) is 10.9. The van der Waals surface area contributed by atoms with Crippen LogP contribution in [-0.4, -0.2) is 25.6 Å². The van der Waals surface area contributed by atoms with Gasteiger partial charge < -0.3 is 10.2 Å². The highest BCUT2D eigenvalue weighted by atomic mass is 35.5. The van der Waals surface area contributed by atoms with Gasteiger partial charge in [-0.3, -0.25) is 4.68 Å². The van der Waals surface area contributed by atoms with Gasteiger partial charge in [0.1, 0.15) is 6.10 Å². The number of halogens is 1. The van der Waals surface area contributed by atoms with Crippen LogP contribution < -0.4 is 0 Å². The van der Waals surface area contributed by atoms with Crippen molar-refractivity contribution in [1.82, 2.24) is 9.78 Å². The molecule has 0 aliphatic carbocycles. The van der Waals surface area contributed by atoms with E-state index in [9.17, 15) is 10.2 Å². The summed E-state index contributed by atoms with van der Waals surface area (Å²) in [6.45, 7) is 5.56. The van der Waals surface area contributed by atoms with Crippen molar-refractivity contribution in [2.24, 2.45) is 0 Å². The molecule has 0 radical (unpaired) electrons. The Balaban J connectivity index is 3.11. The van der Waals surface area contributed by atoms with Crippen molar-refractivity contribution in [2.45, 2.75) is 39.0 Å². The summed E-state index contributed by atoms with van der Waals surface area (Å²) in [4.78, 5) is 0. The molecular formula is C9H15ClN2O2. The van der Waals surface area contributed by atoms with E-state index in [1.54, 1.807) is 4.68 Å². The van der Waals surface area contributed by atoms with E-state index in [4.69, 9.17) is 11.6 Å². The quantitative estimate of drug-likeness (QED) is 0.806. The van der Waals surface area contributed by atoms with E-state index in [-0.39, 0.29) is 0 Å². The number of aliphatic hydroxyl groups excluding tert-OH is 1. The number of rotatable bonds is 3. The van der Waals surface area contributed by atoms with Gasteiger partial charge in [0.2, 0.25) is 0 Å². The third-order valence-corrected chi connectivity index (χ3v) is 2.35. The molecule has 1 unspecified atom stereocenters. The normalized spacial score (nSPS) is 14.4. The molecule has 5 heteroatoms. The number of aromatic nitrogens is 2. The Bertz CT molecular complexity index is 317. The Morgan fingerprint density at radius 3 is 2.64 bits per heavy atom. The molecule has 80 valence electrons. The van der Waals surface area contributed by atoms with Crippen LogP contribution in [0.4, 0.5) is 0 Å². The van der Waals surface area contributed by atoms with E-state index < -0.39 is 11.7 Å². The maximum atomic E-state index is 9.84. The van der Waals surface area contributed by atoms with Gasteiger partial charge in [0, 0.05) is 6.54 Å². The van der Waals surface area contributed by atoms with E-state index in [1.165, 1.54) is 20.0 Å². The fourth-order valence-electron chi connectivity index (χ4n) is 1.23. The highest BCUT2D eigenvalue weighted by Gasteiger charge is 2.30. The molecule has 2 N–H and O–H groups in total. The summed E-state index contributed by atoms with van der Waals surface area (Å²) < 4.78 is 1.57. The molecule has 1 heterocycles. The minimum absolute atomic E-state index is 0.376. The van der Waals surface area contributed by atoms with Crippen molar-refractivity contribution < 1.29 is 10.2 Å². The molecule has 0 fully saturated rings. The van der Waals surface area contributed by atoms with Gasteiger partial charge in [0.15, 0.2) is 0 Å². The highest BCUT2D eigenvalue weighted by Crippen LogP contribution is 2.30. The Kier molecular flexibility index (Phi) is 3.19. The first-order valence-electron chi connectivity index (χ1n) is 4.49. The maximum absolute atomic E-state index is 9.84. The van der Waals surface area contributed by atoms with Gasteiger partial charge in [-0.25, -0.2) is 0 Å². The first-order valence-corrected chi connectivity index (χ1v) is 4.87. The molecule has 0 bridgehead atoms. The van der Waals surface area contributed by atoms with Gasteiger partial charge in [0.25, 0.3) is 0 Å². The summed E-state index contributed by atoms with van der Waals surface area (Å²) in [6, 6.07) is 0. The fourth-order valence-corrected chi connectivity index (χ4v) is 1.47. The van der Waals surface area contributed by atoms with Crippen LogP contribution in [-0.2, 0) is 6.54 Å². The maximum Gasteiger partial charge on any atom is 0.125 e. The van der Waals surface area contributed by atoms with Gasteiger partial charge in [0.05, 0.1) is 22.5 Å². The minimum Gasteiger partial charge on any atom is -0.387 e. The summed E-state index contributed by atoms with van der Waals surface area (Å²) in [5, 5.41) is 23.9. The molecule has 1 aromatic rings. The van der Waals surface area contributed by atoms with E-state index >= 15 is 0 Å². The predicted molar refractivity (Wildman–Crippen MR) is 54.2 cm³/mol. The molecule has 0 saturated carbocycles. The molecule has 4 nitrogen and oxygen atoms in total. The lowest BCUT2D eigenvalue weighted by atomic mass is 9.99. The lowest BCUT2D eigenvalue weighted by molar-refractivity contribution is -0.0537. The van der Waals surface area contributed by atoms with Gasteiger partial charge in [-0.15, -0.1) is 0 Å². The second-order valence-electron chi connectivity index (χ2n) is 3.75. The second-order valence-corrected chi connectivity index (χ2v) is 4.16. The number of nitrogens with zero attached hydrogens (tertiary/aromatic N) is 2. The van der Waals surface area contributed by atoms with Crippen molar-refractivity contribution in [1.29, 1.82) is 0 Å². The van der Waals surface area contributed by atoms with Crippen molar-refractivity contribution in [2.75, 3.05) is 0 Å². The number of hydrogen-bond donors (Lipinski definition) is 2. The lowest BCUT2D eigenvalue weighted by Crippen LogP contribution is -2.30. The second kappa shape index (κ2) is 3.88. The first-order chi connectivity index (χ1) is 6.38. The summed E-state index contributed by atoms with van der Waals surface area (Å²) in [7, 11) is 0. The van der Waals surface area contributed by atoms with E-state index in [2.05, 4.69) is 5.10 Å². The lowest BCUT2D eigenvalue weighted by Gasteiger charge is -2.25. The van der Waals surface area contributed by atoms with Crippen LogP contribution in [0.25, 0.3) is 0 Å². The molecule has 0 aliphatic heterocycles. The van der Waals surface area contributed by atoms with E-state index in [0.717, 1.165) is 0 Å². The topological polar surface area (TPSA) is 58.3 Å². The van der Waals surface area contributed by atoms with Crippen LogP contribution in [0.3, 0.4) is 0 Å². The van der Waals surface area contributed by atoms with Crippen LogP contribution in [0, 0.1) is 0 Å². The summed E-state index contributed by atoms with van der Waals surface area (Å²) in [6.07, 6.45) is 0.437. The molecule has 1 atom stereocenters. The number of aryl methyl sites for hydroxylation is 1. The van der Waals surface area contributed by atoms with Gasteiger partial charge in [-0.2, -0.15) is 5.10 Å². The monoisotopic (exact) mass is 218 g/mol. The molecule has 0 aromatic carbocycles. The van der Waals surface area contributed by atoms with Crippen molar-refractivity contribution >= 4 is 11.6 Å². The largest absolute Gasteiger partial charge is 0.387 e. The molecule has 14 heavy (non-hydrogen) atoms. The minimum atomic E-state index is -1.23. The van der Waals surface area contributed by atoms with Crippen molar-refractivity contribution in [3.05, 3.63) is 16.9 Å². The number of aliphatic hydroxyl groups is 2. The Hall–Kier alpha value is -0.580. The average molecular weight is 219 g/mol. The first kappa shape index (κ1) is 11.5. The Morgan fingerprint density at radius 1 is 1.64 bits per heavy atom. The number of hydrogen-bond acceptors (Lipinski definition) is 3. The van der Waals surface area contributed by atoms with Crippen LogP contribution in [0.1, 0.15) is 32.6 Å². The third kappa shape index (κ3) is 2.08. The van der Waals surface area contributed by atoms with Gasteiger partial charge in [-0.05, 0) is 20.8 Å². The molecule has 1 aromatic heterocycles. The van der Waals surface area contributed by atoms with Gasteiger partial charge >= 0.3 is 0 Å². The average Bonchev–Trinajstić information content (AvgIpc) is 2.43. The van der Waals surface area contributed by atoms with Crippen molar-refractivity contribution in [3.63, 3.8) is 0 Å². The Morgan fingerprint density at radius 2 is 2.21 bits per heavy atom. The predicted octanol–water partition coefficient (Wildman–Crippen LogP) is 1.36. The molecule has 0 amide bonds. The summed E-state index contributed by atoms with van der Waals surface area (Å²) in [5.41, 5.74) is -0.766. The molecule has 0 aliphatic rings. The smallest absolute Gasteiger partial charge is 0.125 e. The highest BCUT2D eigenvalue weighted by molar-refractivity contribution is 6.31. The molecule has 0 spiro atoms. The van der Waals surface area contributed by atoms with E-state index in [0.29, 0.717) is 17.3 Å². The SMILES string of the molecule is CCn1ncc(Cl)c1C(O)C(C)(C)O. The summed E-state index contributed by atoms with van der Waals surface area (Å²) in [5.74, 6) is 0. The zero-order valence-corrected chi connectivity index (χ0v) is 9.28. The van der Waals surface area contributed by atoms with E-state index in [1.807, 2.05) is 6.92 Å². The Labute approximate surface area is 88.1 Å². The fraction of sp³-hybridized carbons (Fsp3) is 0.667. The van der Waals surface area contributed by atoms with Crippen molar-refractivity contribution in [3.8, 4) is 0 Å². The molecule has 1 rings (SSSR count). The van der Waals surface area contributed by atoms with Gasteiger partial charge in [-0.1, -0.05) is 11.6 Å². The third-order valence-electron chi connectivity index (χ3n) is 2.06. The molecular weight excluding hydrogens is 204 g/mol. The molecule has 0 saturated heterocycles.